The summed E-state index contributed by atoms with van der Waals surface area (Å²) in [5.74, 6) is -0.0695. The smallest absolute Gasteiger partial charge is 0.239 e. The van der Waals surface area contributed by atoms with E-state index in [0.717, 1.165) is 11.3 Å². The Morgan fingerprint density at radius 3 is 2.38 bits per heavy atom. The summed E-state index contributed by atoms with van der Waals surface area (Å²) in [4.78, 5) is 11.8. The van der Waals surface area contributed by atoms with Crippen LogP contribution in [0.3, 0.4) is 0 Å². The predicted octanol–water partition coefficient (Wildman–Crippen LogP) is 2.60. The fourth-order valence-electron chi connectivity index (χ4n) is 1.81. The van der Waals surface area contributed by atoms with Crippen molar-refractivity contribution >= 4 is 11.6 Å². The number of rotatable bonds is 5. The normalized spacial score (nSPS) is 9.71. The van der Waals surface area contributed by atoms with E-state index in [1.807, 2.05) is 31.2 Å². The van der Waals surface area contributed by atoms with E-state index >= 15 is 0 Å². The standard InChI is InChI=1S/C17H17N3O/c1-13-2-4-15(5-3-13)11-20-17(21)12-19-16-8-6-14(10-18)7-9-16/h2-9,19H,11-12H2,1H3,(H,20,21). The van der Waals surface area contributed by atoms with E-state index in [0.29, 0.717) is 12.1 Å². The third-order valence-corrected chi connectivity index (χ3v) is 3.08. The van der Waals surface area contributed by atoms with E-state index < -0.39 is 0 Å². The summed E-state index contributed by atoms with van der Waals surface area (Å²) in [5, 5.41) is 14.6. The number of carbonyl (C=O) groups excluding carboxylic acids is 1. The van der Waals surface area contributed by atoms with Gasteiger partial charge in [0.25, 0.3) is 0 Å². The maximum Gasteiger partial charge on any atom is 0.239 e. The minimum atomic E-state index is -0.0695. The van der Waals surface area contributed by atoms with Crippen molar-refractivity contribution in [3.8, 4) is 6.07 Å². The quantitative estimate of drug-likeness (QED) is 0.884. The van der Waals surface area contributed by atoms with Crippen molar-refractivity contribution in [1.82, 2.24) is 5.32 Å². The van der Waals surface area contributed by atoms with Crippen LogP contribution in [0, 0.1) is 18.3 Å². The number of nitriles is 1. The van der Waals surface area contributed by atoms with Gasteiger partial charge in [-0.1, -0.05) is 29.8 Å². The first kappa shape index (κ1) is 14.6. The second kappa shape index (κ2) is 7.11. The highest BCUT2D eigenvalue weighted by atomic mass is 16.1. The first-order valence-electron chi connectivity index (χ1n) is 6.73. The highest BCUT2D eigenvalue weighted by Crippen LogP contribution is 2.08. The summed E-state index contributed by atoms with van der Waals surface area (Å²) in [6.07, 6.45) is 0. The Labute approximate surface area is 124 Å². The lowest BCUT2D eigenvalue weighted by Gasteiger charge is -2.08. The van der Waals surface area contributed by atoms with Crippen LogP contribution in [-0.2, 0) is 11.3 Å². The third-order valence-electron chi connectivity index (χ3n) is 3.08. The number of nitrogens with zero attached hydrogens (tertiary/aromatic N) is 1. The number of anilines is 1. The number of amides is 1. The molecule has 106 valence electrons. The Morgan fingerprint density at radius 2 is 1.76 bits per heavy atom. The van der Waals surface area contributed by atoms with E-state index in [-0.39, 0.29) is 12.5 Å². The van der Waals surface area contributed by atoms with Crippen LogP contribution in [0.15, 0.2) is 48.5 Å². The Bertz CT molecular complexity index is 639. The predicted molar refractivity (Wildman–Crippen MR) is 82.7 cm³/mol. The Hall–Kier alpha value is -2.80. The summed E-state index contributed by atoms with van der Waals surface area (Å²) in [6.45, 7) is 2.76. The molecule has 2 aromatic rings. The fourth-order valence-corrected chi connectivity index (χ4v) is 1.81. The molecule has 21 heavy (non-hydrogen) atoms. The van der Waals surface area contributed by atoms with E-state index in [1.54, 1.807) is 24.3 Å². The van der Waals surface area contributed by atoms with Gasteiger partial charge in [0.15, 0.2) is 0 Å². The van der Waals surface area contributed by atoms with Crippen LogP contribution in [0.1, 0.15) is 16.7 Å². The zero-order chi connectivity index (χ0) is 15.1. The van der Waals surface area contributed by atoms with Gasteiger partial charge < -0.3 is 10.6 Å². The molecular formula is C17H17N3O. The lowest BCUT2D eigenvalue weighted by atomic mass is 10.1. The zero-order valence-electron chi connectivity index (χ0n) is 11.9. The van der Waals surface area contributed by atoms with Crippen LogP contribution in [0.5, 0.6) is 0 Å². The molecule has 0 unspecified atom stereocenters. The number of hydrogen-bond donors (Lipinski definition) is 2. The van der Waals surface area contributed by atoms with Crippen LogP contribution in [0.4, 0.5) is 5.69 Å². The summed E-state index contributed by atoms with van der Waals surface area (Å²) in [7, 11) is 0. The van der Waals surface area contributed by atoms with Crippen LogP contribution in [-0.4, -0.2) is 12.5 Å². The second-order valence-electron chi connectivity index (χ2n) is 4.81. The van der Waals surface area contributed by atoms with Crippen LogP contribution in [0.25, 0.3) is 0 Å². The van der Waals surface area contributed by atoms with E-state index in [2.05, 4.69) is 16.7 Å². The molecule has 0 aliphatic rings. The highest BCUT2D eigenvalue weighted by Gasteiger charge is 2.01. The Morgan fingerprint density at radius 1 is 1.10 bits per heavy atom. The van der Waals surface area contributed by atoms with Gasteiger partial charge in [-0.3, -0.25) is 4.79 Å². The molecule has 0 bridgehead atoms. The van der Waals surface area contributed by atoms with E-state index in [4.69, 9.17) is 5.26 Å². The SMILES string of the molecule is Cc1ccc(CNC(=O)CNc2ccc(C#N)cc2)cc1. The largest absolute Gasteiger partial charge is 0.376 e. The van der Waals surface area contributed by atoms with E-state index in [9.17, 15) is 4.79 Å². The second-order valence-corrected chi connectivity index (χ2v) is 4.81. The monoisotopic (exact) mass is 279 g/mol. The van der Waals surface area contributed by atoms with Gasteiger partial charge in [0.2, 0.25) is 5.91 Å². The van der Waals surface area contributed by atoms with Crippen molar-refractivity contribution in [2.24, 2.45) is 0 Å². The number of carbonyl (C=O) groups is 1. The molecule has 0 saturated carbocycles. The molecule has 0 atom stereocenters. The molecule has 0 aliphatic carbocycles. The van der Waals surface area contributed by atoms with Crippen molar-refractivity contribution in [2.75, 3.05) is 11.9 Å². The van der Waals surface area contributed by atoms with Gasteiger partial charge in [-0.05, 0) is 36.8 Å². The van der Waals surface area contributed by atoms with Crippen molar-refractivity contribution in [3.63, 3.8) is 0 Å². The average Bonchev–Trinajstić information content (AvgIpc) is 2.53. The maximum atomic E-state index is 11.8. The molecule has 2 aromatic carbocycles. The van der Waals surface area contributed by atoms with Crippen LogP contribution < -0.4 is 10.6 Å². The number of hydrogen-bond acceptors (Lipinski definition) is 3. The average molecular weight is 279 g/mol. The van der Waals surface area contributed by atoms with Gasteiger partial charge in [0, 0.05) is 12.2 Å². The van der Waals surface area contributed by atoms with Crippen molar-refractivity contribution in [1.29, 1.82) is 5.26 Å². The van der Waals surface area contributed by atoms with Gasteiger partial charge in [0.05, 0.1) is 18.2 Å². The Balaban J connectivity index is 1.76. The topological polar surface area (TPSA) is 64.9 Å². The van der Waals surface area contributed by atoms with Gasteiger partial charge in [-0.2, -0.15) is 5.26 Å². The maximum absolute atomic E-state index is 11.8. The zero-order valence-corrected chi connectivity index (χ0v) is 11.9. The molecular weight excluding hydrogens is 262 g/mol. The molecule has 0 aliphatic heterocycles. The minimum absolute atomic E-state index is 0.0695. The summed E-state index contributed by atoms with van der Waals surface area (Å²) in [6, 6.07) is 17.1. The molecule has 2 N–H and O–H groups in total. The summed E-state index contributed by atoms with van der Waals surface area (Å²) >= 11 is 0. The van der Waals surface area contributed by atoms with Crippen LogP contribution in [0.2, 0.25) is 0 Å². The molecule has 0 fully saturated rings. The van der Waals surface area contributed by atoms with Gasteiger partial charge in [-0.25, -0.2) is 0 Å². The number of benzene rings is 2. The van der Waals surface area contributed by atoms with Gasteiger partial charge in [-0.15, -0.1) is 0 Å². The molecule has 0 saturated heterocycles. The molecule has 2 rings (SSSR count). The molecule has 0 aromatic heterocycles. The van der Waals surface area contributed by atoms with Gasteiger partial charge in [0.1, 0.15) is 0 Å². The number of nitrogens with one attached hydrogen (secondary N) is 2. The molecule has 0 spiro atoms. The first-order chi connectivity index (χ1) is 10.2. The number of aryl methyl sites for hydroxylation is 1. The highest BCUT2D eigenvalue weighted by molar-refractivity contribution is 5.80. The third kappa shape index (κ3) is 4.66. The molecule has 0 heterocycles. The summed E-state index contributed by atoms with van der Waals surface area (Å²) in [5.41, 5.74) is 3.70. The lowest BCUT2D eigenvalue weighted by molar-refractivity contribution is -0.119. The van der Waals surface area contributed by atoms with Crippen molar-refractivity contribution < 1.29 is 4.79 Å². The minimum Gasteiger partial charge on any atom is -0.376 e. The van der Waals surface area contributed by atoms with Crippen molar-refractivity contribution in [2.45, 2.75) is 13.5 Å². The van der Waals surface area contributed by atoms with Crippen LogP contribution >= 0.6 is 0 Å². The summed E-state index contributed by atoms with van der Waals surface area (Å²) < 4.78 is 0. The molecule has 4 nitrogen and oxygen atoms in total. The van der Waals surface area contributed by atoms with Gasteiger partial charge >= 0.3 is 0 Å². The molecule has 1 amide bonds. The fraction of sp³-hybridized carbons (Fsp3) is 0.176. The molecule has 4 heteroatoms. The first-order valence-corrected chi connectivity index (χ1v) is 6.73. The Kier molecular flexibility index (Phi) is 4.94. The molecule has 0 radical (unpaired) electrons. The van der Waals surface area contributed by atoms with Crippen molar-refractivity contribution in [3.05, 3.63) is 65.2 Å². The van der Waals surface area contributed by atoms with E-state index in [1.165, 1.54) is 5.56 Å². The lowest BCUT2D eigenvalue weighted by Crippen LogP contribution is -2.29.